The molecule has 4 rings (SSSR count). The van der Waals surface area contributed by atoms with E-state index in [0.717, 1.165) is 22.1 Å². The Bertz CT molecular complexity index is 1130. The molecule has 1 aromatic heterocycles. The molecule has 0 amide bonds. The smallest absolute Gasteiger partial charge is 0.271 e. The molecular formula is C22H18O4S. The van der Waals surface area contributed by atoms with Gasteiger partial charge in [0.15, 0.2) is 0 Å². The van der Waals surface area contributed by atoms with Gasteiger partial charge in [-0.15, -0.1) is 0 Å². The molecule has 0 bridgehead atoms. The summed E-state index contributed by atoms with van der Waals surface area (Å²) in [5.41, 5.74) is 3.07. The molecule has 0 aliphatic carbocycles. The van der Waals surface area contributed by atoms with Gasteiger partial charge in [0.25, 0.3) is 10.1 Å². The monoisotopic (exact) mass is 378 g/mol. The van der Waals surface area contributed by atoms with Crippen LogP contribution in [0.15, 0.2) is 89.3 Å². The number of benzene rings is 3. The Morgan fingerprint density at radius 2 is 1.52 bits per heavy atom. The first-order valence-corrected chi connectivity index (χ1v) is 10.2. The highest BCUT2D eigenvalue weighted by Gasteiger charge is 2.16. The van der Waals surface area contributed by atoms with E-state index in [2.05, 4.69) is 0 Å². The van der Waals surface area contributed by atoms with E-state index in [-0.39, 0.29) is 12.4 Å². The third-order valence-electron chi connectivity index (χ3n) is 4.29. The van der Waals surface area contributed by atoms with Crippen LogP contribution in [0.5, 0.6) is 0 Å². The van der Waals surface area contributed by atoms with Crippen LogP contribution in [0.4, 0.5) is 0 Å². The van der Waals surface area contributed by atoms with Gasteiger partial charge in [0.1, 0.15) is 17.1 Å². The molecule has 136 valence electrons. The molecule has 0 saturated heterocycles. The van der Waals surface area contributed by atoms with E-state index in [1.807, 2.05) is 72.8 Å². The summed E-state index contributed by atoms with van der Waals surface area (Å²) in [4.78, 5) is 0. The van der Waals surface area contributed by atoms with Crippen molar-refractivity contribution in [1.82, 2.24) is 0 Å². The Labute approximate surface area is 158 Å². The summed E-state index contributed by atoms with van der Waals surface area (Å²) >= 11 is 0. The fourth-order valence-electron chi connectivity index (χ4n) is 2.97. The summed E-state index contributed by atoms with van der Waals surface area (Å²) in [6.07, 6.45) is 0. The number of fused-ring (bicyclic) bond motifs is 1. The summed E-state index contributed by atoms with van der Waals surface area (Å²) in [7, 11) is -3.69. The Kier molecular flexibility index (Phi) is 4.79. The second-order valence-electron chi connectivity index (χ2n) is 6.26. The molecule has 4 aromatic rings. The highest BCUT2D eigenvalue weighted by atomic mass is 32.2. The van der Waals surface area contributed by atoms with Crippen molar-refractivity contribution in [3.8, 4) is 11.3 Å². The molecule has 0 unspecified atom stereocenters. The van der Waals surface area contributed by atoms with Gasteiger partial charge in [-0.1, -0.05) is 72.8 Å². The van der Waals surface area contributed by atoms with Crippen LogP contribution in [0.3, 0.4) is 0 Å². The summed E-state index contributed by atoms with van der Waals surface area (Å²) in [5.74, 6) is 0.538. The number of para-hydroxylation sites is 1. The third kappa shape index (κ3) is 4.10. The fourth-order valence-corrected chi connectivity index (χ4v) is 3.97. The molecule has 0 N–H and O–H groups in total. The Hall–Kier alpha value is -2.89. The predicted octanol–water partition coefficient (Wildman–Crippen LogP) is 5.15. The maximum absolute atomic E-state index is 12.3. The van der Waals surface area contributed by atoms with Crippen molar-refractivity contribution in [2.45, 2.75) is 12.4 Å². The third-order valence-corrected chi connectivity index (χ3v) is 5.45. The van der Waals surface area contributed by atoms with E-state index in [0.29, 0.717) is 11.3 Å². The minimum absolute atomic E-state index is 0.0393. The zero-order chi connectivity index (χ0) is 18.7. The number of rotatable bonds is 6. The van der Waals surface area contributed by atoms with E-state index >= 15 is 0 Å². The topological polar surface area (TPSA) is 56.5 Å². The quantitative estimate of drug-likeness (QED) is 0.436. The van der Waals surface area contributed by atoms with E-state index in [1.165, 1.54) is 0 Å². The number of furan rings is 1. The maximum Gasteiger partial charge on any atom is 0.271 e. The summed E-state index contributed by atoms with van der Waals surface area (Å²) < 4.78 is 35.8. The van der Waals surface area contributed by atoms with Gasteiger partial charge < -0.3 is 4.42 Å². The van der Waals surface area contributed by atoms with Crippen LogP contribution in [0.25, 0.3) is 22.3 Å². The molecular weight excluding hydrogens is 360 g/mol. The van der Waals surface area contributed by atoms with Gasteiger partial charge in [-0.25, -0.2) is 0 Å². The number of hydrogen-bond donors (Lipinski definition) is 0. The lowest BCUT2D eigenvalue weighted by Crippen LogP contribution is -2.09. The van der Waals surface area contributed by atoms with Crippen molar-refractivity contribution >= 4 is 21.1 Å². The summed E-state index contributed by atoms with van der Waals surface area (Å²) in [6.45, 7) is -0.0393. The lowest BCUT2D eigenvalue weighted by molar-refractivity contribution is 0.307. The van der Waals surface area contributed by atoms with Crippen molar-refractivity contribution in [3.63, 3.8) is 0 Å². The van der Waals surface area contributed by atoms with Gasteiger partial charge in [-0.2, -0.15) is 8.42 Å². The highest BCUT2D eigenvalue weighted by Crippen LogP contribution is 2.30. The van der Waals surface area contributed by atoms with Crippen molar-refractivity contribution in [2.75, 3.05) is 0 Å². The van der Waals surface area contributed by atoms with E-state index in [9.17, 15) is 8.42 Å². The van der Waals surface area contributed by atoms with Gasteiger partial charge in [-0.05, 0) is 23.3 Å². The first-order chi connectivity index (χ1) is 13.1. The van der Waals surface area contributed by atoms with Gasteiger partial charge in [0.05, 0.1) is 6.61 Å². The zero-order valence-corrected chi connectivity index (χ0v) is 15.4. The van der Waals surface area contributed by atoms with Gasteiger partial charge in [0.2, 0.25) is 0 Å². The normalized spacial score (nSPS) is 11.7. The zero-order valence-electron chi connectivity index (χ0n) is 14.5. The van der Waals surface area contributed by atoms with Crippen molar-refractivity contribution in [3.05, 3.63) is 96.1 Å². The average Bonchev–Trinajstić information content (AvgIpc) is 3.11. The van der Waals surface area contributed by atoms with Crippen LogP contribution in [-0.4, -0.2) is 8.42 Å². The SMILES string of the molecule is O=S(=O)(Cc1ccccc1)OCc1ccccc1-c1cc2ccccc2o1. The second kappa shape index (κ2) is 7.39. The Morgan fingerprint density at radius 3 is 2.33 bits per heavy atom. The number of hydrogen-bond acceptors (Lipinski definition) is 4. The molecule has 3 aromatic carbocycles. The molecule has 0 atom stereocenters. The summed E-state index contributed by atoms with van der Waals surface area (Å²) in [5, 5.41) is 1.000. The van der Waals surface area contributed by atoms with Crippen LogP contribution in [0, 0.1) is 0 Å². The molecule has 0 saturated carbocycles. The molecule has 0 radical (unpaired) electrons. The first-order valence-electron chi connectivity index (χ1n) is 8.59. The average molecular weight is 378 g/mol. The largest absolute Gasteiger partial charge is 0.456 e. The van der Waals surface area contributed by atoms with Crippen LogP contribution in [0.1, 0.15) is 11.1 Å². The molecule has 27 heavy (non-hydrogen) atoms. The Morgan fingerprint density at radius 1 is 0.815 bits per heavy atom. The molecule has 1 heterocycles. The molecule has 5 heteroatoms. The van der Waals surface area contributed by atoms with Crippen molar-refractivity contribution < 1.29 is 17.0 Å². The van der Waals surface area contributed by atoms with Crippen molar-refractivity contribution in [1.29, 1.82) is 0 Å². The molecule has 4 nitrogen and oxygen atoms in total. The molecule has 0 aliphatic heterocycles. The Balaban J connectivity index is 1.56. The van der Waals surface area contributed by atoms with Gasteiger partial charge in [-0.3, -0.25) is 4.18 Å². The lowest BCUT2D eigenvalue weighted by Gasteiger charge is -2.09. The second-order valence-corrected chi connectivity index (χ2v) is 7.90. The summed E-state index contributed by atoms with van der Waals surface area (Å²) in [6, 6.07) is 26.2. The maximum atomic E-state index is 12.3. The fraction of sp³-hybridized carbons (Fsp3) is 0.0909. The standard InChI is InChI=1S/C22H18O4S/c23-27(24,16-17-8-2-1-3-9-17)25-15-19-11-4-6-12-20(19)22-14-18-10-5-7-13-21(18)26-22/h1-14H,15-16H2. The van der Waals surface area contributed by atoms with E-state index in [4.69, 9.17) is 8.60 Å². The molecule has 0 fully saturated rings. The minimum Gasteiger partial charge on any atom is -0.456 e. The van der Waals surface area contributed by atoms with Crippen LogP contribution >= 0.6 is 0 Å². The van der Waals surface area contributed by atoms with Crippen LogP contribution in [0.2, 0.25) is 0 Å². The van der Waals surface area contributed by atoms with E-state index < -0.39 is 10.1 Å². The predicted molar refractivity (Wildman–Crippen MR) is 106 cm³/mol. The van der Waals surface area contributed by atoms with E-state index in [1.54, 1.807) is 12.1 Å². The van der Waals surface area contributed by atoms with Crippen molar-refractivity contribution in [2.24, 2.45) is 0 Å². The molecule has 0 spiro atoms. The van der Waals surface area contributed by atoms with Gasteiger partial charge >= 0.3 is 0 Å². The van der Waals surface area contributed by atoms with Crippen LogP contribution < -0.4 is 0 Å². The first kappa shape index (κ1) is 17.5. The lowest BCUT2D eigenvalue weighted by atomic mass is 10.1. The highest BCUT2D eigenvalue weighted by molar-refractivity contribution is 7.85. The van der Waals surface area contributed by atoms with Gasteiger partial charge in [0, 0.05) is 10.9 Å². The van der Waals surface area contributed by atoms with Crippen LogP contribution in [-0.2, 0) is 26.7 Å². The minimum atomic E-state index is -3.69. The molecule has 0 aliphatic rings.